The lowest BCUT2D eigenvalue weighted by Crippen LogP contribution is -2.49. The highest BCUT2D eigenvalue weighted by atomic mass is 16.3. The lowest BCUT2D eigenvalue weighted by molar-refractivity contribution is 0.0700. The summed E-state index contributed by atoms with van der Waals surface area (Å²) in [4.78, 5) is 7.94. The molecule has 0 spiro atoms. The molecule has 2 aliphatic heterocycles. The van der Waals surface area contributed by atoms with Crippen molar-refractivity contribution in [2.75, 3.05) is 52.4 Å². The summed E-state index contributed by atoms with van der Waals surface area (Å²) in [5, 5.41) is 13.7. The van der Waals surface area contributed by atoms with E-state index in [2.05, 4.69) is 47.7 Å². The highest BCUT2D eigenvalue weighted by molar-refractivity contribution is 4.97. The third kappa shape index (κ3) is 5.20. The number of hydrogen-bond donors (Lipinski definition) is 2. The molecule has 2 heterocycles. The van der Waals surface area contributed by atoms with Gasteiger partial charge in [0, 0.05) is 51.4 Å². The number of piperazine rings is 1. The predicted octanol–water partition coefficient (Wildman–Crippen LogP) is 1.68. The van der Waals surface area contributed by atoms with Gasteiger partial charge in [-0.15, -0.1) is 0 Å². The standard InChI is InChI=1S/C21H42N4O/c1-16(2)21(26)22-20-7-6-18-14-24(15-19(18)20)9-5-8-23-10-12-25(13-11-23)17(3)4/h16-22,26H,5-15H2,1-4H3. The maximum Gasteiger partial charge on any atom is 0.107 e. The highest BCUT2D eigenvalue weighted by Gasteiger charge is 2.42. The van der Waals surface area contributed by atoms with Gasteiger partial charge in [0.25, 0.3) is 0 Å². The lowest BCUT2D eigenvalue weighted by atomic mass is 9.97. The minimum absolute atomic E-state index is 0.294. The van der Waals surface area contributed by atoms with Crippen molar-refractivity contribution in [2.24, 2.45) is 17.8 Å². The molecular weight excluding hydrogens is 324 g/mol. The molecule has 0 bridgehead atoms. The van der Waals surface area contributed by atoms with Crippen molar-refractivity contribution in [3.05, 3.63) is 0 Å². The van der Waals surface area contributed by atoms with Crippen LogP contribution >= 0.6 is 0 Å². The largest absolute Gasteiger partial charge is 0.378 e. The van der Waals surface area contributed by atoms with Crippen LogP contribution in [0.1, 0.15) is 47.0 Å². The number of nitrogens with zero attached hydrogens (tertiary/aromatic N) is 3. The van der Waals surface area contributed by atoms with E-state index in [0.29, 0.717) is 18.0 Å². The molecule has 4 atom stereocenters. The zero-order valence-electron chi connectivity index (χ0n) is 17.5. The fourth-order valence-corrected chi connectivity index (χ4v) is 5.18. The molecular formula is C21H42N4O. The molecule has 3 rings (SSSR count). The van der Waals surface area contributed by atoms with E-state index in [1.54, 1.807) is 0 Å². The molecule has 5 heteroatoms. The maximum atomic E-state index is 10.2. The first-order valence-corrected chi connectivity index (χ1v) is 11.1. The number of aliphatic hydroxyl groups is 1. The first-order valence-electron chi connectivity index (χ1n) is 11.1. The molecule has 152 valence electrons. The van der Waals surface area contributed by atoms with Crippen LogP contribution in [0.15, 0.2) is 0 Å². The van der Waals surface area contributed by atoms with Gasteiger partial charge in [0.05, 0.1) is 0 Å². The zero-order valence-corrected chi connectivity index (χ0v) is 17.5. The fourth-order valence-electron chi connectivity index (χ4n) is 5.18. The average molecular weight is 367 g/mol. The van der Waals surface area contributed by atoms with Gasteiger partial charge in [0.15, 0.2) is 0 Å². The number of likely N-dealkylation sites (tertiary alicyclic amines) is 1. The Morgan fingerprint density at radius 2 is 1.62 bits per heavy atom. The molecule has 4 unspecified atom stereocenters. The van der Waals surface area contributed by atoms with Crippen LogP contribution in [0.4, 0.5) is 0 Å². The Kier molecular flexibility index (Phi) is 7.37. The second kappa shape index (κ2) is 9.33. The molecule has 1 aliphatic carbocycles. The number of fused-ring (bicyclic) bond motifs is 1. The highest BCUT2D eigenvalue weighted by Crippen LogP contribution is 2.38. The first kappa shape index (κ1) is 20.5. The molecule has 0 aromatic rings. The average Bonchev–Trinajstić information content (AvgIpc) is 3.16. The van der Waals surface area contributed by atoms with Gasteiger partial charge in [-0.3, -0.25) is 10.2 Å². The summed E-state index contributed by atoms with van der Waals surface area (Å²) in [5.74, 6) is 1.89. The lowest BCUT2D eigenvalue weighted by Gasteiger charge is -2.37. The van der Waals surface area contributed by atoms with Crippen molar-refractivity contribution < 1.29 is 5.11 Å². The summed E-state index contributed by atoms with van der Waals surface area (Å²) in [6.07, 6.45) is 3.53. The Labute approximate surface area is 161 Å². The van der Waals surface area contributed by atoms with Crippen molar-refractivity contribution in [3.63, 3.8) is 0 Å². The summed E-state index contributed by atoms with van der Waals surface area (Å²) in [5.41, 5.74) is 0. The van der Waals surface area contributed by atoms with Crippen LogP contribution in [0.25, 0.3) is 0 Å². The van der Waals surface area contributed by atoms with Gasteiger partial charge in [-0.25, -0.2) is 0 Å². The smallest absolute Gasteiger partial charge is 0.107 e. The third-order valence-electron chi connectivity index (χ3n) is 7.03. The molecule has 2 N–H and O–H groups in total. The number of hydrogen-bond acceptors (Lipinski definition) is 5. The molecule has 0 aromatic heterocycles. The molecule has 26 heavy (non-hydrogen) atoms. The monoisotopic (exact) mass is 366 g/mol. The number of aliphatic hydroxyl groups excluding tert-OH is 1. The van der Waals surface area contributed by atoms with Crippen molar-refractivity contribution in [3.8, 4) is 0 Å². The summed E-state index contributed by atoms with van der Waals surface area (Å²) < 4.78 is 0. The molecule has 0 radical (unpaired) electrons. The second-order valence-corrected chi connectivity index (χ2v) is 9.55. The van der Waals surface area contributed by atoms with Crippen molar-refractivity contribution in [1.82, 2.24) is 20.0 Å². The number of rotatable bonds is 8. The Morgan fingerprint density at radius 3 is 2.27 bits per heavy atom. The Balaban J connectivity index is 1.34. The summed E-state index contributed by atoms with van der Waals surface area (Å²) in [6.45, 7) is 18.7. The molecule has 3 fully saturated rings. The van der Waals surface area contributed by atoms with E-state index in [1.165, 1.54) is 71.6 Å². The van der Waals surface area contributed by atoms with Gasteiger partial charge in [-0.2, -0.15) is 0 Å². The van der Waals surface area contributed by atoms with E-state index in [0.717, 1.165) is 11.8 Å². The summed E-state index contributed by atoms with van der Waals surface area (Å²) >= 11 is 0. The summed E-state index contributed by atoms with van der Waals surface area (Å²) in [6, 6.07) is 1.21. The van der Waals surface area contributed by atoms with E-state index in [1.807, 2.05) is 0 Å². The minimum Gasteiger partial charge on any atom is -0.378 e. The van der Waals surface area contributed by atoms with E-state index in [9.17, 15) is 5.11 Å². The quantitative estimate of drug-likeness (QED) is 0.640. The van der Waals surface area contributed by atoms with Crippen molar-refractivity contribution in [2.45, 2.75) is 65.3 Å². The fraction of sp³-hybridized carbons (Fsp3) is 1.00. The molecule has 5 nitrogen and oxygen atoms in total. The van der Waals surface area contributed by atoms with Crippen LogP contribution in [0.2, 0.25) is 0 Å². The zero-order chi connectivity index (χ0) is 18.7. The Bertz CT molecular complexity index is 422. The van der Waals surface area contributed by atoms with E-state index in [4.69, 9.17) is 0 Å². The van der Waals surface area contributed by atoms with Gasteiger partial charge in [-0.1, -0.05) is 13.8 Å². The van der Waals surface area contributed by atoms with Crippen LogP contribution in [0, 0.1) is 17.8 Å². The van der Waals surface area contributed by atoms with Crippen molar-refractivity contribution >= 4 is 0 Å². The van der Waals surface area contributed by atoms with Crippen LogP contribution in [-0.4, -0.2) is 90.5 Å². The molecule has 0 amide bonds. The van der Waals surface area contributed by atoms with E-state index >= 15 is 0 Å². The topological polar surface area (TPSA) is 42.0 Å². The van der Waals surface area contributed by atoms with Gasteiger partial charge < -0.3 is 14.9 Å². The molecule has 2 saturated heterocycles. The summed E-state index contributed by atoms with van der Waals surface area (Å²) in [7, 11) is 0. The maximum absolute atomic E-state index is 10.2. The second-order valence-electron chi connectivity index (χ2n) is 9.55. The number of nitrogens with one attached hydrogen (secondary N) is 1. The first-order chi connectivity index (χ1) is 12.4. The van der Waals surface area contributed by atoms with E-state index in [-0.39, 0.29) is 6.23 Å². The molecule has 0 aromatic carbocycles. The van der Waals surface area contributed by atoms with Crippen LogP contribution in [0.3, 0.4) is 0 Å². The minimum atomic E-state index is -0.350. The van der Waals surface area contributed by atoms with Gasteiger partial charge in [0.1, 0.15) is 6.23 Å². The Hall–Kier alpha value is -0.200. The van der Waals surface area contributed by atoms with Crippen LogP contribution in [0.5, 0.6) is 0 Å². The van der Waals surface area contributed by atoms with Crippen LogP contribution < -0.4 is 5.32 Å². The Morgan fingerprint density at radius 1 is 0.923 bits per heavy atom. The van der Waals surface area contributed by atoms with Gasteiger partial charge in [-0.05, 0) is 64.0 Å². The van der Waals surface area contributed by atoms with Crippen LogP contribution in [-0.2, 0) is 0 Å². The molecule has 1 saturated carbocycles. The van der Waals surface area contributed by atoms with Crippen molar-refractivity contribution in [1.29, 1.82) is 0 Å². The molecule has 3 aliphatic rings. The van der Waals surface area contributed by atoms with E-state index < -0.39 is 0 Å². The normalized spacial score (nSPS) is 32.7. The predicted molar refractivity (Wildman–Crippen MR) is 108 cm³/mol. The van der Waals surface area contributed by atoms with Gasteiger partial charge in [0.2, 0.25) is 0 Å². The van der Waals surface area contributed by atoms with Gasteiger partial charge >= 0.3 is 0 Å². The third-order valence-corrected chi connectivity index (χ3v) is 7.03. The SMILES string of the molecule is CC(C)C(O)NC1CCC2CN(CCCN3CCN(C(C)C)CC3)CC21.